The molecule has 0 radical (unpaired) electrons. The van der Waals surface area contributed by atoms with Crippen molar-refractivity contribution in [2.24, 2.45) is 5.41 Å². The first-order valence-electron chi connectivity index (χ1n) is 6.87. The molecule has 0 spiro atoms. The van der Waals surface area contributed by atoms with E-state index in [9.17, 15) is 13.0 Å². The minimum absolute atomic E-state index is 0.101. The Kier molecular flexibility index (Phi) is 4.59. The molecule has 112 valence electrons. The average Bonchev–Trinajstić information content (AvgIpc) is 2.37. The van der Waals surface area contributed by atoms with Gasteiger partial charge in [-0.15, -0.1) is 0 Å². The van der Waals surface area contributed by atoms with E-state index in [4.69, 9.17) is 0 Å². The summed E-state index contributed by atoms with van der Waals surface area (Å²) >= 11 is 0. The Balaban J connectivity index is 2.29. The third-order valence-corrected chi connectivity index (χ3v) is 5.90. The molecule has 0 bridgehead atoms. The number of hydrogen-bond acceptors (Lipinski definition) is 2. The first-order chi connectivity index (χ1) is 9.34. The molecule has 1 aromatic carbocycles. The second-order valence-corrected chi connectivity index (χ2v) is 7.85. The molecule has 1 aliphatic carbocycles. The van der Waals surface area contributed by atoms with E-state index in [2.05, 4.69) is 19.2 Å². The van der Waals surface area contributed by atoms with E-state index in [0.717, 1.165) is 25.3 Å². The zero-order chi connectivity index (χ0) is 14.9. The lowest BCUT2D eigenvalue weighted by atomic mass is 9.75. The van der Waals surface area contributed by atoms with E-state index in [1.54, 1.807) is 0 Å². The van der Waals surface area contributed by atoms with Crippen LogP contribution >= 0.6 is 0 Å². The number of rotatable bonds is 3. The maximum atomic E-state index is 13.8. The molecule has 3 atom stereocenters. The lowest BCUT2D eigenvalue weighted by Crippen LogP contribution is -2.47. The zero-order valence-corrected chi connectivity index (χ0v) is 12.9. The number of nitrogens with one attached hydrogen (secondary N) is 1. The molecule has 2 nitrogen and oxygen atoms in total. The van der Waals surface area contributed by atoms with E-state index >= 15 is 0 Å². The highest BCUT2D eigenvalue weighted by molar-refractivity contribution is 7.85. The Labute approximate surface area is 121 Å². The Morgan fingerprint density at radius 3 is 2.65 bits per heavy atom. The fraction of sp³-hybridized carbons (Fsp3) is 0.600. The molecule has 20 heavy (non-hydrogen) atoms. The fourth-order valence-corrected chi connectivity index (χ4v) is 4.83. The van der Waals surface area contributed by atoms with E-state index in [1.807, 2.05) is 7.05 Å². The lowest BCUT2D eigenvalue weighted by molar-refractivity contribution is 0.216. The first kappa shape index (κ1) is 15.6. The van der Waals surface area contributed by atoms with Gasteiger partial charge in [-0.3, -0.25) is 4.21 Å². The van der Waals surface area contributed by atoms with E-state index < -0.39 is 22.4 Å². The lowest BCUT2D eigenvalue weighted by Gasteiger charge is -2.40. The quantitative estimate of drug-likeness (QED) is 0.928. The smallest absolute Gasteiger partial charge is 0.142 e. The van der Waals surface area contributed by atoms with E-state index in [0.29, 0.717) is 0 Å². The van der Waals surface area contributed by atoms with Gasteiger partial charge in [-0.2, -0.15) is 0 Å². The van der Waals surface area contributed by atoms with E-state index in [1.165, 1.54) is 12.1 Å². The molecule has 2 rings (SSSR count). The van der Waals surface area contributed by atoms with Crippen molar-refractivity contribution in [3.63, 3.8) is 0 Å². The third kappa shape index (κ3) is 3.26. The van der Waals surface area contributed by atoms with Gasteiger partial charge < -0.3 is 5.32 Å². The van der Waals surface area contributed by atoms with Crippen molar-refractivity contribution in [3.8, 4) is 0 Å². The molecule has 1 N–H and O–H groups in total. The van der Waals surface area contributed by atoms with Crippen LogP contribution in [0.4, 0.5) is 8.78 Å². The Hall–Kier alpha value is -0.810. The molecule has 1 aromatic rings. The van der Waals surface area contributed by atoms with Gasteiger partial charge in [-0.25, -0.2) is 8.78 Å². The molecule has 0 aromatic heterocycles. The predicted molar refractivity (Wildman–Crippen MR) is 77.0 cm³/mol. The zero-order valence-electron chi connectivity index (χ0n) is 12.1. The molecule has 0 heterocycles. The Bertz CT molecular complexity index is 519. The minimum Gasteiger partial charge on any atom is -0.316 e. The molecule has 1 saturated carbocycles. The average molecular weight is 301 g/mol. The summed E-state index contributed by atoms with van der Waals surface area (Å²) < 4.78 is 39.5. The Morgan fingerprint density at radius 2 is 2.05 bits per heavy atom. The number of hydrogen-bond donors (Lipinski definition) is 1. The summed E-state index contributed by atoms with van der Waals surface area (Å²) in [5, 5.41) is 3.03. The molecule has 0 aliphatic heterocycles. The van der Waals surface area contributed by atoms with Crippen LogP contribution in [0, 0.1) is 17.0 Å². The van der Waals surface area contributed by atoms with Crippen molar-refractivity contribution in [2.45, 2.75) is 49.3 Å². The molecule has 1 aliphatic rings. The van der Waals surface area contributed by atoms with Gasteiger partial charge >= 0.3 is 0 Å². The van der Waals surface area contributed by atoms with Crippen LogP contribution in [0.5, 0.6) is 0 Å². The summed E-state index contributed by atoms with van der Waals surface area (Å²) in [6.07, 6.45) is 2.74. The molecular weight excluding hydrogens is 280 g/mol. The van der Waals surface area contributed by atoms with Gasteiger partial charge in [-0.05, 0) is 43.9 Å². The molecule has 0 amide bonds. The largest absolute Gasteiger partial charge is 0.316 e. The van der Waals surface area contributed by atoms with Gasteiger partial charge in [0.05, 0.1) is 20.9 Å². The second-order valence-electron chi connectivity index (χ2n) is 6.21. The summed E-state index contributed by atoms with van der Waals surface area (Å²) in [6, 6.07) is 3.37. The van der Waals surface area contributed by atoms with Gasteiger partial charge in [0, 0.05) is 12.1 Å². The Morgan fingerprint density at radius 1 is 1.35 bits per heavy atom. The van der Waals surface area contributed by atoms with Crippen LogP contribution in [-0.4, -0.2) is 22.5 Å². The summed E-state index contributed by atoms with van der Waals surface area (Å²) in [5.74, 6) is -1.36. The summed E-state index contributed by atoms with van der Waals surface area (Å²) in [5.41, 5.74) is 0.101. The van der Waals surface area contributed by atoms with Crippen molar-refractivity contribution < 1.29 is 13.0 Å². The first-order valence-corrected chi connectivity index (χ1v) is 8.08. The van der Waals surface area contributed by atoms with E-state index in [-0.39, 0.29) is 21.6 Å². The van der Waals surface area contributed by atoms with Crippen LogP contribution in [0.1, 0.15) is 33.1 Å². The molecule has 0 saturated heterocycles. The standard InChI is InChI=1S/C15H21F2NOS/c1-15(2)7-6-12(18-3)14(9-15)20(19)13-5-4-10(16)8-11(13)17/h4-5,8,12,14,18H,6-7,9H2,1-3H3. The normalized spacial score (nSPS) is 27.2. The molecule has 5 heteroatoms. The SMILES string of the molecule is CNC1CCC(C)(C)CC1S(=O)c1ccc(F)cc1F. The molecule has 1 fully saturated rings. The summed E-state index contributed by atoms with van der Waals surface area (Å²) in [4.78, 5) is 0.106. The van der Waals surface area contributed by atoms with Crippen LogP contribution in [0.15, 0.2) is 23.1 Å². The van der Waals surface area contributed by atoms with Crippen molar-refractivity contribution in [3.05, 3.63) is 29.8 Å². The maximum Gasteiger partial charge on any atom is 0.142 e. The highest BCUT2D eigenvalue weighted by Gasteiger charge is 2.38. The van der Waals surface area contributed by atoms with Gasteiger partial charge in [0.2, 0.25) is 0 Å². The monoisotopic (exact) mass is 301 g/mol. The van der Waals surface area contributed by atoms with Crippen LogP contribution in [-0.2, 0) is 10.8 Å². The molecular formula is C15H21F2NOS. The van der Waals surface area contributed by atoms with Crippen molar-refractivity contribution in [1.29, 1.82) is 0 Å². The van der Waals surface area contributed by atoms with Gasteiger partial charge in [0.15, 0.2) is 0 Å². The van der Waals surface area contributed by atoms with Crippen LogP contribution in [0.2, 0.25) is 0 Å². The van der Waals surface area contributed by atoms with Crippen molar-refractivity contribution >= 4 is 10.8 Å². The highest BCUT2D eigenvalue weighted by atomic mass is 32.2. The number of benzene rings is 1. The third-order valence-electron chi connectivity index (χ3n) is 4.09. The van der Waals surface area contributed by atoms with Gasteiger partial charge in [0.25, 0.3) is 0 Å². The summed E-state index contributed by atoms with van der Waals surface area (Å²) in [6.45, 7) is 4.29. The summed E-state index contributed by atoms with van der Waals surface area (Å²) in [7, 11) is 0.371. The van der Waals surface area contributed by atoms with Crippen LogP contribution in [0.3, 0.4) is 0 Å². The predicted octanol–water partition coefficient (Wildman–Crippen LogP) is 3.24. The van der Waals surface area contributed by atoms with Crippen LogP contribution in [0.25, 0.3) is 0 Å². The topological polar surface area (TPSA) is 29.1 Å². The highest BCUT2D eigenvalue weighted by Crippen LogP contribution is 2.39. The van der Waals surface area contributed by atoms with Crippen LogP contribution < -0.4 is 5.32 Å². The van der Waals surface area contributed by atoms with Crippen molar-refractivity contribution in [1.82, 2.24) is 5.32 Å². The van der Waals surface area contributed by atoms with Gasteiger partial charge in [0.1, 0.15) is 11.6 Å². The minimum atomic E-state index is -1.47. The van der Waals surface area contributed by atoms with Gasteiger partial charge in [-0.1, -0.05) is 13.8 Å². The van der Waals surface area contributed by atoms with Crippen molar-refractivity contribution in [2.75, 3.05) is 7.05 Å². The number of halogens is 2. The fourth-order valence-electron chi connectivity index (χ4n) is 2.88. The maximum absolute atomic E-state index is 13.8. The molecule has 3 unspecified atom stereocenters. The second kappa shape index (κ2) is 5.90.